The standard InChI is InChI=1S/C17H18N2O4S2/c1-23-16(22)13-8-11(20)9-19(13)17-18-15(21)14(25-17)7-10-3-5-12(24-2)6-4-10/h3-7,11,13,20H,8-9H2,1-2H3/b14-7+/t11-,13+/m1/s1. The second-order valence-electron chi connectivity index (χ2n) is 5.66. The fourth-order valence-corrected chi connectivity index (χ4v) is 4.14. The van der Waals surface area contributed by atoms with E-state index >= 15 is 0 Å². The van der Waals surface area contributed by atoms with Gasteiger partial charge in [0.1, 0.15) is 6.04 Å². The SMILES string of the molecule is COC(=O)[C@@H]1C[C@@H](O)CN1C1=NC(=O)/C(=C\c2ccc(SC)cc2)S1. The molecule has 2 aliphatic heterocycles. The number of rotatable bonds is 3. The van der Waals surface area contributed by atoms with Crippen molar-refractivity contribution in [1.29, 1.82) is 0 Å². The number of carbonyl (C=O) groups excluding carboxylic acids is 2. The molecule has 0 bridgehead atoms. The number of aliphatic hydroxyl groups is 1. The number of benzene rings is 1. The quantitative estimate of drug-likeness (QED) is 0.489. The molecule has 8 heteroatoms. The summed E-state index contributed by atoms with van der Waals surface area (Å²) in [6, 6.07) is 7.27. The molecule has 6 nitrogen and oxygen atoms in total. The number of hydrogen-bond donors (Lipinski definition) is 1. The van der Waals surface area contributed by atoms with Crippen molar-refractivity contribution >= 4 is 46.6 Å². The predicted molar refractivity (Wildman–Crippen MR) is 99.4 cm³/mol. The monoisotopic (exact) mass is 378 g/mol. The number of hydrogen-bond acceptors (Lipinski definition) is 7. The molecule has 0 aliphatic carbocycles. The van der Waals surface area contributed by atoms with Gasteiger partial charge in [0.15, 0.2) is 5.17 Å². The second kappa shape index (κ2) is 7.63. The predicted octanol–water partition coefficient (Wildman–Crippen LogP) is 1.99. The van der Waals surface area contributed by atoms with Crippen molar-refractivity contribution in [1.82, 2.24) is 4.90 Å². The van der Waals surface area contributed by atoms with E-state index in [-0.39, 0.29) is 18.9 Å². The number of aliphatic hydroxyl groups excluding tert-OH is 1. The summed E-state index contributed by atoms with van der Waals surface area (Å²) in [6.07, 6.45) is 3.42. The van der Waals surface area contributed by atoms with Gasteiger partial charge >= 0.3 is 5.97 Å². The van der Waals surface area contributed by atoms with Gasteiger partial charge in [-0.1, -0.05) is 12.1 Å². The largest absolute Gasteiger partial charge is 0.467 e. The van der Waals surface area contributed by atoms with Crippen molar-refractivity contribution in [2.45, 2.75) is 23.5 Å². The first-order chi connectivity index (χ1) is 12.0. The van der Waals surface area contributed by atoms with Gasteiger partial charge in [-0.25, -0.2) is 4.79 Å². The Morgan fingerprint density at radius 3 is 2.80 bits per heavy atom. The van der Waals surface area contributed by atoms with Gasteiger partial charge in [-0.3, -0.25) is 4.79 Å². The average molecular weight is 378 g/mol. The van der Waals surface area contributed by atoms with Crippen LogP contribution in [0.2, 0.25) is 0 Å². The molecule has 1 aromatic carbocycles. The molecule has 0 spiro atoms. The van der Waals surface area contributed by atoms with Gasteiger partial charge in [0.05, 0.1) is 18.1 Å². The number of β-amino-alcohol motifs (C(OH)–C–C–N with tert-alkyl or cyclic N) is 1. The van der Waals surface area contributed by atoms with E-state index in [9.17, 15) is 14.7 Å². The van der Waals surface area contributed by atoms with Crippen LogP contribution in [0, 0.1) is 0 Å². The Balaban J connectivity index is 1.77. The van der Waals surface area contributed by atoms with Gasteiger partial charge in [-0.05, 0) is 41.8 Å². The number of nitrogens with zero attached hydrogens (tertiary/aromatic N) is 2. The molecular weight excluding hydrogens is 360 g/mol. The van der Waals surface area contributed by atoms with Gasteiger partial charge in [-0.15, -0.1) is 11.8 Å². The van der Waals surface area contributed by atoms with Gasteiger partial charge in [0, 0.05) is 17.9 Å². The minimum Gasteiger partial charge on any atom is -0.467 e. The summed E-state index contributed by atoms with van der Waals surface area (Å²) in [4.78, 5) is 31.5. The third-order valence-corrected chi connectivity index (χ3v) is 5.79. The number of carbonyl (C=O) groups is 2. The number of amidine groups is 1. The Kier molecular flexibility index (Phi) is 5.51. The van der Waals surface area contributed by atoms with E-state index in [2.05, 4.69) is 4.99 Å². The van der Waals surface area contributed by atoms with E-state index in [4.69, 9.17) is 4.74 Å². The minimum absolute atomic E-state index is 0.259. The molecule has 132 valence electrons. The molecule has 2 heterocycles. The maximum absolute atomic E-state index is 12.2. The van der Waals surface area contributed by atoms with E-state index in [1.807, 2.05) is 30.5 Å². The van der Waals surface area contributed by atoms with Crippen LogP contribution in [0.15, 0.2) is 39.1 Å². The van der Waals surface area contributed by atoms with Crippen LogP contribution in [0.25, 0.3) is 6.08 Å². The van der Waals surface area contributed by atoms with Crippen molar-refractivity contribution in [3.63, 3.8) is 0 Å². The molecule has 0 radical (unpaired) electrons. The van der Waals surface area contributed by atoms with Gasteiger partial charge in [-0.2, -0.15) is 4.99 Å². The highest BCUT2D eigenvalue weighted by atomic mass is 32.2. The molecule has 1 fully saturated rings. The van der Waals surface area contributed by atoms with Crippen LogP contribution in [-0.2, 0) is 14.3 Å². The van der Waals surface area contributed by atoms with Gasteiger partial charge in [0.25, 0.3) is 5.91 Å². The van der Waals surface area contributed by atoms with Crippen LogP contribution >= 0.6 is 23.5 Å². The first kappa shape index (κ1) is 18.0. The van der Waals surface area contributed by atoms with E-state index in [1.165, 1.54) is 18.9 Å². The first-order valence-electron chi connectivity index (χ1n) is 7.71. The fraction of sp³-hybridized carbons (Fsp3) is 0.353. The van der Waals surface area contributed by atoms with Crippen molar-refractivity contribution in [2.24, 2.45) is 4.99 Å². The highest BCUT2D eigenvalue weighted by Gasteiger charge is 2.41. The number of likely N-dealkylation sites (tertiary alicyclic amines) is 1. The third-order valence-electron chi connectivity index (χ3n) is 4.02. The summed E-state index contributed by atoms with van der Waals surface area (Å²) < 4.78 is 4.79. The Labute approximate surface area is 154 Å². The van der Waals surface area contributed by atoms with Crippen LogP contribution in [0.4, 0.5) is 0 Å². The molecule has 0 aromatic heterocycles. The Morgan fingerprint density at radius 2 is 2.16 bits per heavy atom. The van der Waals surface area contributed by atoms with Crippen LogP contribution < -0.4 is 0 Å². The van der Waals surface area contributed by atoms with Crippen LogP contribution in [0.1, 0.15) is 12.0 Å². The van der Waals surface area contributed by atoms with Gasteiger partial charge in [0.2, 0.25) is 0 Å². The lowest BCUT2D eigenvalue weighted by Crippen LogP contribution is -2.39. The first-order valence-corrected chi connectivity index (χ1v) is 9.75. The van der Waals surface area contributed by atoms with Gasteiger partial charge < -0.3 is 14.7 Å². The van der Waals surface area contributed by atoms with E-state index < -0.39 is 18.1 Å². The number of ether oxygens (including phenoxy) is 1. The molecule has 0 saturated carbocycles. The van der Waals surface area contributed by atoms with E-state index in [0.717, 1.165) is 10.5 Å². The maximum Gasteiger partial charge on any atom is 0.328 e. The minimum atomic E-state index is -0.644. The molecule has 2 aliphatic rings. The second-order valence-corrected chi connectivity index (χ2v) is 7.55. The van der Waals surface area contributed by atoms with Crippen LogP contribution in [-0.4, -0.2) is 59.1 Å². The van der Waals surface area contributed by atoms with Crippen molar-refractivity contribution < 1.29 is 19.4 Å². The molecular formula is C17H18N2O4S2. The lowest BCUT2D eigenvalue weighted by molar-refractivity contribution is -0.144. The molecule has 1 aromatic rings. The molecule has 1 N–H and O–H groups in total. The summed E-state index contributed by atoms with van der Waals surface area (Å²) in [5.74, 6) is -0.767. The molecule has 1 amide bonds. The highest BCUT2D eigenvalue weighted by molar-refractivity contribution is 8.18. The lowest BCUT2D eigenvalue weighted by atomic mass is 10.2. The number of thioether (sulfide) groups is 2. The number of amides is 1. The summed E-state index contributed by atoms with van der Waals surface area (Å²) in [5, 5.41) is 10.3. The molecule has 3 rings (SSSR count). The summed E-state index contributed by atoms with van der Waals surface area (Å²) in [7, 11) is 1.31. The summed E-state index contributed by atoms with van der Waals surface area (Å²) in [5.41, 5.74) is 0.913. The Hall–Kier alpha value is -1.77. The molecule has 1 saturated heterocycles. The zero-order chi connectivity index (χ0) is 18.0. The molecule has 25 heavy (non-hydrogen) atoms. The van der Waals surface area contributed by atoms with Crippen LogP contribution in [0.3, 0.4) is 0 Å². The molecule has 2 atom stereocenters. The summed E-state index contributed by atoms with van der Waals surface area (Å²) in [6.45, 7) is 0.259. The number of aliphatic imine (C=N–C) groups is 1. The topological polar surface area (TPSA) is 79.2 Å². The van der Waals surface area contributed by atoms with Crippen LogP contribution in [0.5, 0.6) is 0 Å². The average Bonchev–Trinajstić information content (AvgIpc) is 3.18. The lowest BCUT2D eigenvalue weighted by Gasteiger charge is -2.22. The number of methoxy groups -OCH3 is 1. The van der Waals surface area contributed by atoms with E-state index in [1.54, 1.807) is 22.7 Å². The highest BCUT2D eigenvalue weighted by Crippen LogP contribution is 2.34. The zero-order valence-corrected chi connectivity index (χ0v) is 15.5. The zero-order valence-electron chi connectivity index (χ0n) is 13.8. The fourth-order valence-electron chi connectivity index (χ4n) is 2.76. The molecule has 0 unspecified atom stereocenters. The van der Waals surface area contributed by atoms with Crippen molar-refractivity contribution in [2.75, 3.05) is 19.9 Å². The summed E-state index contributed by atoms with van der Waals surface area (Å²) >= 11 is 2.87. The normalized spacial score (nSPS) is 24.8. The third kappa shape index (κ3) is 3.91. The smallest absolute Gasteiger partial charge is 0.328 e. The van der Waals surface area contributed by atoms with E-state index in [0.29, 0.717) is 10.1 Å². The van der Waals surface area contributed by atoms with Crippen molar-refractivity contribution in [3.8, 4) is 0 Å². The maximum atomic E-state index is 12.2. The number of esters is 1. The Morgan fingerprint density at radius 1 is 1.44 bits per heavy atom. The van der Waals surface area contributed by atoms with Crippen molar-refractivity contribution in [3.05, 3.63) is 34.7 Å². The Bertz CT molecular complexity index is 746.